The van der Waals surface area contributed by atoms with E-state index in [2.05, 4.69) is 69.9 Å². The molecule has 0 fully saturated rings. The molecular weight excluding hydrogens is 550 g/mol. The summed E-state index contributed by atoms with van der Waals surface area (Å²) in [5.41, 5.74) is 3.05. The number of rotatable bonds is 22. The molecule has 0 unspecified atom stereocenters. The molecule has 0 radical (unpaired) electrons. The molecule has 1 aromatic rings. The Labute approximate surface area is 258 Å². The smallest absolute Gasteiger partial charge is 0.333 e. The van der Waals surface area contributed by atoms with Gasteiger partial charge in [-0.3, -0.25) is 4.18 Å². The van der Waals surface area contributed by atoms with Gasteiger partial charge in [0.15, 0.2) is 0 Å². The van der Waals surface area contributed by atoms with Gasteiger partial charge in [-0.2, -0.15) is 0 Å². The molecule has 0 aliphatic carbocycles. The normalized spacial score (nSPS) is 12.0. The molecule has 0 N–H and O–H groups in total. The highest BCUT2D eigenvalue weighted by Crippen LogP contribution is 2.35. The second-order valence-corrected chi connectivity index (χ2v) is 13.6. The summed E-state index contributed by atoms with van der Waals surface area (Å²) >= 11 is 0. The predicted octanol–water partition coefficient (Wildman–Crippen LogP) is 8.23. The molecule has 8 heteroatoms. The number of quaternary nitrogens is 1. The molecule has 0 aliphatic heterocycles. The number of carbonyl (C=O) groups excluding carboxylic acids is 1. The third-order valence-corrected chi connectivity index (χ3v) is 8.83. The molecule has 7 nitrogen and oxygen atoms in total. The van der Waals surface area contributed by atoms with Gasteiger partial charge in [-0.15, -0.1) is 0 Å². The van der Waals surface area contributed by atoms with Crippen molar-refractivity contribution in [1.29, 1.82) is 0 Å². The first kappa shape index (κ1) is 40.3. The minimum atomic E-state index is -4.41. The molecule has 0 spiro atoms. The van der Waals surface area contributed by atoms with E-state index in [1.54, 1.807) is 6.92 Å². The van der Waals surface area contributed by atoms with Crippen LogP contribution in [0.1, 0.15) is 129 Å². The molecule has 0 saturated heterocycles. The van der Waals surface area contributed by atoms with Crippen LogP contribution in [-0.4, -0.2) is 57.8 Å². The molecule has 1 aromatic carbocycles. The molecule has 0 atom stereocenters. The van der Waals surface area contributed by atoms with Crippen molar-refractivity contribution in [3.8, 4) is 0 Å². The lowest BCUT2D eigenvalue weighted by Crippen LogP contribution is -2.54. The van der Waals surface area contributed by atoms with Gasteiger partial charge in [-0.25, -0.2) is 13.2 Å². The van der Waals surface area contributed by atoms with Crippen molar-refractivity contribution in [3.63, 3.8) is 0 Å². The highest BCUT2D eigenvalue weighted by atomic mass is 32.3. The highest BCUT2D eigenvalue weighted by Gasteiger charge is 2.39. The standard InChI is InChI=1S/C33H58NO2.CH4O4S/c1-8-9-10-11-12-13-14-15-16-17-18-19-20-23-27-34(6,7)33(4,5)31-25-22-21-24-30(31)26-28-36-32(35)29(2)3;1-5-6(2,3)4/h21-22,24-25H,2,8-20,23,26-28H2,1,3-7H3;1H3,(H,2,3,4)/q+1;/p-1. The molecule has 0 heterocycles. The summed E-state index contributed by atoms with van der Waals surface area (Å²) in [4.78, 5) is 11.8. The van der Waals surface area contributed by atoms with Crippen molar-refractivity contribution >= 4 is 16.4 Å². The number of hydrogen-bond acceptors (Lipinski definition) is 6. The fraction of sp³-hybridized carbons (Fsp3) is 0.735. The molecule has 244 valence electrons. The van der Waals surface area contributed by atoms with Gasteiger partial charge in [0.2, 0.25) is 10.4 Å². The zero-order chi connectivity index (χ0) is 32.1. The van der Waals surface area contributed by atoms with Crippen LogP contribution in [-0.2, 0) is 36.1 Å². The maximum Gasteiger partial charge on any atom is 0.333 e. The fourth-order valence-electron chi connectivity index (χ4n) is 5.02. The maximum atomic E-state index is 11.8. The van der Waals surface area contributed by atoms with Gasteiger partial charge >= 0.3 is 5.97 Å². The SMILES string of the molecule is C=C(C)C(=O)OCCc1ccccc1C(C)(C)[N+](C)(C)CCCCCCCCCCCCCCCC.COS(=O)(=O)[O-]. The van der Waals surface area contributed by atoms with Gasteiger partial charge in [-0.1, -0.05) is 115 Å². The molecule has 0 amide bonds. The number of hydrogen-bond donors (Lipinski definition) is 0. The Morgan fingerprint density at radius 3 is 1.74 bits per heavy atom. The molecule has 0 aliphatic rings. The summed E-state index contributed by atoms with van der Waals surface area (Å²) in [5.74, 6) is -0.305. The number of benzene rings is 1. The van der Waals surface area contributed by atoms with Crippen molar-refractivity contribution in [1.82, 2.24) is 0 Å². The van der Waals surface area contributed by atoms with E-state index in [4.69, 9.17) is 4.74 Å². The van der Waals surface area contributed by atoms with Crippen LogP contribution in [0.3, 0.4) is 0 Å². The zero-order valence-corrected chi connectivity index (χ0v) is 28.7. The second kappa shape index (κ2) is 21.9. The lowest BCUT2D eigenvalue weighted by atomic mass is 9.85. The first-order chi connectivity index (χ1) is 19.7. The van der Waals surface area contributed by atoms with E-state index in [1.807, 2.05) is 0 Å². The van der Waals surface area contributed by atoms with E-state index in [0.29, 0.717) is 12.2 Å². The lowest BCUT2D eigenvalue weighted by Gasteiger charge is -2.46. The Kier molecular flexibility index (Phi) is 21.0. The van der Waals surface area contributed by atoms with Crippen LogP contribution in [0.25, 0.3) is 0 Å². The van der Waals surface area contributed by atoms with Gasteiger partial charge in [0, 0.05) is 17.6 Å². The summed E-state index contributed by atoms with van der Waals surface area (Å²) in [6.07, 6.45) is 20.3. The summed E-state index contributed by atoms with van der Waals surface area (Å²) in [6.45, 7) is 13.9. The first-order valence-corrected chi connectivity index (χ1v) is 17.3. The van der Waals surface area contributed by atoms with Crippen LogP contribution in [0.4, 0.5) is 0 Å². The molecule has 42 heavy (non-hydrogen) atoms. The third-order valence-electron chi connectivity index (χ3n) is 8.42. The Morgan fingerprint density at radius 2 is 1.31 bits per heavy atom. The Hall–Kier alpha value is -1.74. The van der Waals surface area contributed by atoms with Crippen molar-refractivity contribution in [2.75, 3.05) is 34.4 Å². The molecule has 0 aromatic heterocycles. The van der Waals surface area contributed by atoms with E-state index < -0.39 is 10.4 Å². The fourth-order valence-corrected chi connectivity index (χ4v) is 5.02. The minimum Gasteiger partial charge on any atom is -0.726 e. The average molecular weight is 612 g/mol. The first-order valence-electron chi connectivity index (χ1n) is 15.9. The summed E-state index contributed by atoms with van der Waals surface area (Å²) in [7, 11) is 1.12. The highest BCUT2D eigenvalue weighted by molar-refractivity contribution is 7.80. The third kappa shape index (κ3) is 18.0. The monoisotopic (exact) mass is 611 g/mol. The molecule has 1 rings (SSSR count). The number of carbonyl (C=O) groups is 1. The van der Waals surface area contributed by atoms with E-state index in [1.165, 1.54) is 108 Å². The number of esters is 1. The van der Waals surface area contributed by atoms with Gasteiger partial charge in [-0.05, 0) is 39.2 Å². The van der Waals surface area contributed by atoms with Crippen LogP contribution in [0.5, 0.6) is 0 Å². The topological polar surface area (TPSA) is 92.7 Å². The molecular formula is C34H61NO6S. The van der Waals surface area contributed by atoms with Crippen LogP contribution >= 0.6 is 0 Å². The van der Waals surface area contributed by atoms with Crippen LogP contribution in [0, 0.1) is 0 Å². The van der Waals surface area contributed by atoms with E-state index >= 15 is 0 Å². The van der Waals surface area contributed by atoms with Crippen molar-refractivity contribution in [2.45, 2.75) is 130 Å². The quantitative estimate of drug-likeness (QED) is 0.0327. The Balaban J connectivity index is 0.00000252. The van der Waals surface area contributed by atoms with Crippen molar-refractivity contribution in [3.05, 3.63) is 47.5 Å². The van der Waals surface area contributed by atoms with Crippen LogP contribution in [0.15, 0.2) is 36.4 Å². The summed E-state index contributed by atoms with van der Waals surface area (Å²) in [6, 6.07) is 8.65. The van der Waals surface area contributed by atoms with Crippen LogP contribution < -0.4 is 0 Å². The zero-order valence-electron chi connectivity index (χ0n) is 27.8. The number of ether oxygens (including phenoxy) is 1. The molecule has 0 bridgehead atoms. The molecule has 0 saturated carbocycles. The predicted molar refractivity (Wildman–Crippen MR) is 173 cm³/mol. The van der Waals surface area contributed by atoms with Crippen molar-refractivity contribution < 1.29 is 31.2 Å². The maximum absolute atomic E-state index is 11.8. The lowest BCUT2D eigenvalue weighted by molar-refractivity contribution is -0.945. The van der Waals surface area contributed by atoms with Crippen molar-refractivity contribution in [2.24, 2.45) is 0 Å². The van der Waals surface area contributed by atoms with E-state index in [9.17, 15) is 17.8 Å². The Bertz CT molecular complexity index is 988. The summed E-state index contributed by atoms with van der Waals surface area (Å²) < 4.78 is 37.3. The van der Waals surface area contributed by atoms with E-state index in [-0.39, 0.29) is 11.5 Å². The van der Waals surface area contributed by atoms with Crippen LogP contribution in [0.2, 0.25) is 0 Å². The number of unbranched alkanes of at least 4 members (excludes halogenated alkanes) is 13. The number of nitrogens with zero attached hydrogens (tertiary/aromatic N) is 1. The van der Waals surface area contributed by atoms with Gasteiger partial charge in [0.1, 0.15) is 5.54 Å². The van der Waals surface area contributed by atoms with Gasteiger partial charge in [0.05, 0.1) is 34.4 Å². The largest absolute Gasteiger partial charge is 0.726 e. The summed E-state index contributed by atoms with van der Waals surface area (Å²) in [5, 5.41) is 0. The second-order valence-electron chi connectivity index (χ2n) is 12.5. The van der Waals surface area contributed by atoms with E-state index in [0.717, 1.165) is 18.0 Å². The average Bonchev–Trinajstić information content (AvgIpc) is 2.93. The van der Waals surface area contributed by atoms with Gasteiger partial charge in [0.25, 0.3) is 0 Å². The minimum absolute atomic E-state index is 0.0223. The Morgan fingerprint density at radius 1 is 0.881 bits per heavy atom. The van der Waals surface area contributed by atoms with Gasteiger partial charge < -0.3 is 13.8 Å².